The summed E-state index contributed by atoms with van der Waals surface area (Å²) in [6.45, 7) is 20.1. The smallest absolute Gasteiger partial charge is 0.177 e. The van der Waals surface area contributed by atoms with Gasteiger partial charge in [0, 0.05) is 25.0 Å². The van der Waals surface area contributed by atoms with E-state index < -0.39 is 0 Å². The van der Waals surface area contributed by atoms with Crippen LogP contribution in [-0.2, 0) is 16.8 Å². The Bertz CT molecular complexity index is 1050. The maximum atomic E-state index is 14.1. The number of hydrogen-bond acceptors (Lipinski definition) is 4. The van der Waals surface area contributed by atoms with Crippen LogP contribution in [-0.4, -0.2) is 19.2 Å². The normalized spacial score (nSPS) is 25.1. The molecule has 5 heteroatoms. The maximum Gasteiger partial charge on any atom is 0.177 e. The van der Waals surface area contributed by atoms with Crippen LogP contribution in [0.25, 0.3) is 0 Å². The zero-order valence-corrected chi connectivity index (χ0v) is 27.1. The summed E-state index contributed by atoms with van der Waals surface area (Å²) in [6.07, 6.45) is 20.5. The molecule has 0 amide bonds. The van der Waals surface area contributed by atoms with Crippen LogP contribution >= 0.6 is 11.3 Å². The van der Waals surface area contributed by atoms with Gasteiger partial charge in [0.2, 0.25) is 0 Å². The van der Waals surface area contributed by atoms with Gasteiger partial charge in [-0.3, -0.25) is 0 Å². The maximum absolute atomic E-state index is 14.1. The molecular weight excluding hydrogens is 515 g/mol. The third kappa shape index (κ3) is 8.69. The lowest BCUT2D eigenvalue weighted by atomic mass is 9.85. The molecule has 0 aromatic carbocycles. The van der Waals surface area contributed by atoms with E-state index in [1.165, 1.54) is 50.6 Å². The van der Waals surface area contributed by atoms with Crippen molar-refractivity contribution < 1.29 is 10.6 Å². The Morgan fingerprint density at radius 1 is 1.18 bits per heavy atom. The molecule has 1 spiro atoms. The van der Waals surface area contributed by atoms with Gasteiger partial charge in [-0.05, 0) is 86.8 Å². The lowest BCUT2D eigenvalue weighted by molar-refractivity contribution is -0.0686. The van der Waals surface area contributed by atoms with E-state index in [0.717, 1.165) is 64.5 Å². The molecular formula is C35H57FN2OS. The first-order valence-electron chi connectivity index (χ1n) is 15.9. The number of hydrogen-bond donors (Lipinski definition) is 2. The van der Waals surface area contributed by atoms with E-state index in [1.807, 2.05) is 41.5 Å². The van der Waals surface area contributed by atoms with Crippen LogP contribution in [0.3, 0.4) is 0 Å². The van der Waals surface area contributed by atoms with Crippen LogP contribution in [0.2, 0.25) is 0 Å². The minimum absolute atomic E-state index is 0. The highest BCUT2D eigenvalue weighted by Crippen LogP contribution is 2.48. The number of rotatable bonds is 6. The SMILES string of the molecule is C=C(C)/C(=C\CC1=C(C2CC=CN2)C=CCN1)CC1CCCC2(CC1)OCCc1cc(F)sc12.CC.CC.CC.[HH]. The van der Waals surface area contributed by atoms with Crippen LogP contribution in [0, 0.1) is 11.0 Å². The average molecular weight is 573 g/mol. The summed E-state index contributed by atoms with van der Waals surface area (Å²) in [5, 5.41) is 7.02. The Kier molecular flexibility index (Phi) is 15.0. The standard InChI is InChI=1S/C29H37FN2OS.3C2H6.H2/c1-20(2)22(9-10-26-24(7-4-15-32-26)25-8-5-16-31-25)18-21-6-3-13-29(14-11-21)28-23(12-17-33-29)19-27(30)34-28;3*1-2;/h4-5,7,9,16,19,21,25,31-32H,1,3,6,8,10-15,17-18H2,2H3;3*1-2H3;1H/b22-9-;;;;. The highest BCUT2D eigenvalue weighted by Gasteiger charge is 2.41. The van der Waals surface area contributed by atoms with Crippen molar-refractivity contribution in [2.45, 2.75) is 118 Å². The van der Waals surface area contributed by atoms with Gasteiger partial charge in [0.1, 0.15) is 5.60 Å². The molecule has 3 unspecified atom stereocenters. The molecule has 1 aromatic rings. The van der Waals surface area contributed by atoms with Gasteiger partial charge in [0.15, 0.2) is 5.13 Å². The van der Waals surface area contributed by atoms with E-state index in [-0.39, 0.29) is 12.2 Å². The number of allylic oxidation sites excluding steroid dienone is 3. The summed E-state index contributed by atoms with van der Waals surface area (Å²) in [5.41, 5.74) is 6.17. The van der Waals surface area contributed by atoms with Crippen LogP contribution < -0.4 is 10.6 Å². The molecule has 1 aromatic heterocycles. The molecule has 2 N–H and O–H groups in total. The molecule has 3 atom stereocenters. The van der Waals surface area contributed by atoms with Gasteiger partial charge in [0.05, 0.1) is 12.6 Å². The molecule has 1 aliphatic carbocycles. The number of thiophene rings is 1. The van der Waals surface area contributed by atoms with Crippen molar-refractivity contribution in [3.8, 4) is 0 Å². The Morgan fingerprint density at radius 2 is 1.95 bits per heavy atom. The van der Waals surface area contributed by atoms with Crippen molar-refractivity contribution in [2.75, 3.05) is 13.2 Å². The van der Waals surface area contributed by atoms with E-state index in [9.17, 15) is 4.39 Å². The fourth-order valence-corrected chi connectivity index (χ4v) is 7.21. The minimum atomic E-state index is -0.259. The molecule has 4 aliphatic rings. The van der Waals surface area contributed by atoms with Crippen molar-refractivity contribution in [1.29, 1.82) is 0 Å². The Morgan fingerprint density at radius 3 is 2.65 bits per heavy atom. The van der Waals surface area contributed by atoms with E-state index in [4.69, 9.17) is 4.74 Å². The minimum Gasteiger partial charge on any atom is -0.384 e. The number of ether oxygens (including phenoxy) is 1. The quantitative estimate of drug-likeness (QED) is 0.333. The summed E-state index contributed by atoms with van der Waals surface area (Å²) in [7, 11) is 0. The summed E-state index contributed by atoms with van der Waals surface area (Å²) in [5.74, 6) is 0.620. The molecule has 0 saturated heterocycles. The third-order valence-corrected chi connectivity index (χ3v) is 9.09. The molecule has 0 radical (unpaired) electrons. The number of halogens is 1. The second kappa shape index (κ2) is 17.6. The van der Waals surface area contributed by atoms with Gasteiger partial charge in [-0.25, -0.2) is 0 Å². The predicted molar refractivity (Wildman–Crippen MR) is 175 cm³/mol. The molecule has 3 aliphatic heterocycles. The largest absolute Gasteiger partial charge is 0.384 e. The molecule has 0 bridgehead atoms. The topological polar surface area (TPSA) is 33.3 Å². The number of dihydropyridines is 1. The van der Waals surface area contributed by atoms with Gasteiger partial charge in [-0.1, -0.05) is 84.4 Å². The molecule has 226 valence electrons. The Balaban J connectivity index is 0.00000113. The van der Waals surface area contributed by atoms with Crippen LogP contribution in [0.15, 0.2) is 65.6 Å². The predicted octanol–water partition coefficient (Wildman–Crippen LogP) is 10.1. The van der Waals surface area contributed by atoms with Crippen LogP contribution in [0.1, 0.15) is 112 Å². The zero-order valence-electron chi connectivity index (χ0n) is 26.3. The van der Waals surface area contributed by atoms with E-state index >= 15 is 0 Å². The molecule has 40 heavy (non-hydrogen) atoms. The monoisotopic (exact) mass is 572 g/mol. The fraction of sp³-hybridized carbons (Fsp3) is 0.600. The Labute approximate surface area is 250 Å². The molecule has 3 nitrogen and oxygen atoms in total. The van der Waals surface area contributed by atoms with E-state index in [2.05, 4.69) is 54.6 Å². The molecule has 1 fully saturated rings. The number of nitrogens with one attached hydrogen (secondary N) is 2. The summed E-state index contributed by atoms with van der Waals surface area (Å²) >= 11 is 1.32. The summed E-state index contributed by atoms with van der Waals surface area (Å²) < 4.78 is 20.5. The highest BCUT2D eigenvalue weighted by molar-refractivity contribution is 7.10. The fourth-order valence-electron chi connectivity index (χ4n) is 6.08. The zero-order chi connectivity index (χ0) is 29.5. The van der Waals surface area contributed by atoms with Crippen LogP contribution in [0.4, 0.5) is 4.39 Å². The summed E-state index contributed by atoms with van der Waals surface area (Å²) in [6, 6.07) is 2.12. The molecule has 4 heterocycles. The van der Waals surface area contributed by atoms with E-state index in [0.29, 0.717) is 12.0 Å². The van der Waals surface area contributed by atoms with Gasteiger partial charge < -0.3 is 15.4 Å². The van der Waals surface area contributed by atoms with Crippen molar-refractivity contribution in [3.05, 3.63) is 81.1 Å². The first-order valence-corrected chi connectivity index (χ1v) is 16.7. The lowest BCUT2D eigenvalue weighted by Gasteiger charge is -2.36. The second-order valence-corrected chi connectivity index (χ2v) is 11.3. The Hall–Kier alpha value is -2.11. The summed E-state index contributed by atoms with van der Waals surface area (Å²) in [4.78, 5) is 1.17. The highest BCUT2D eigenvalue weighted by atomic mass is 32.1. The first-order chi connectivity index (χ1) is 19.5. The van der Waals surface area contributed by atoms with Crippen molar-refractivity contribution >= 4 is 11.3 Å². The average Bonchev–Trinajstić information content (AvgIpc) is 3.62. The van der Waals surface area contributed by atoms with E-state index in [1.54, 1.807) is 6.07 Å². The number of fused-ring (bicyclic) bond motifs is 2. The van der Waals surface area contributed by atoms with Gasteiger partial charge >= 0.3 is 0 Å². The first kappa shape index (κ1) is 34.1. The second-order valence-electron chi connectivity index (χ2n) is 10.3. The van der Waals surface area contributed by atoms with Crippen LogP contribution in [0.5, 0.6) is 0 Å². The van der Waals surface area contributed by atoms with Gasteiger partial charge in [0.25, 0.3) is 0 Å². The van der Waals surface area contributed by atoms with Crippen molar-refractivity contribution in [2.24, 2.45) is 5.92 Å². The molecule has 5 rings (SSSR count). The third-order valence-electron chi connectivity index (χ3n) is 7.94. The van der Waals surface area contributed by atoms with Crippen molar-refractivity contribution in [3.63, 3.8) is 0 Å². The van der Waals surface area contributed by atoms with Crippen molar-refractivity contribution in [1.82, 2.24) is 10.6 Å². The van der Waals surface area contributed by atoms with Gasteiger partial charge in [-0.2, -0.15) is 4.39 Å². The molecule has 1 saturated carbocycles. The lowest BCUT2D eigenvalue weighted by Crippen LogP contribution is -2.33. The van der Waals surface area contributed by atoms with Gasteiger partial charge in [-0.15, -0.1) is 11.3 Å².